The number of para-hydroxylation sites is 1. The number of nitriles is 1. The van der Waals surface area contributed by atoms with Crippen LogP contribution in [0.2, 0.25) is 0 Å². The third kappa shape index (κ3) is 3.90. The van der Waals surface area contributed by atoms with Crippen molar-refractivity contribution in [2.45, 2.75) is 9.79 Å². The first-order valence-electron chi connectivity index (χ1n) is 8.80. The Morgan fingerprint density at radius 2 is 1.46 bits per heavy atom. The fourth-order valence-electron chi connectivity index (χ4n) is 2.93. The maximum Gasteiger partial charge on any atom is 0.255 e. The molecule has 0 radical (unpaired) electrons. The van der Waals surface area contributed by atoms with Crippen molar-refractivity contribution in [3.63, 3.8) is 0 Å². The molecule has 1 N–H and O–H groups in total. The van der Waals surface area contributed by atoms with Crippen molar-refractivity contribution in [3.8, 4) is 6.07 Å². The van der Waals surface area contributed by atoms with Crippen LogP contribution in [0.15, 0.2) is 101 Å². The van der Waals surface area contributed by atoms with Crippen molar-refractivity contribution in [3.05, 3.63) is 102 Å². The van der Waals surface area contributed by atoms with E-state index in [1.807, 2.05) is 24.3 Å². The summed E-state index contributed by atoms with van der Waals surface area (Å²) in [6.45, 7) is 0. The van der Waals surface area contributed by atoms with Gasteiger partial charge < -0.3 is 5.32 Å². The molecule has 28 heavy (non-hydrogen) atoms. The normalized spacial score (nSPS) is 10.4. The van der Waals surface area contributed by atoms with Gasteiger partial charge in [-0.25, -0.2) is 0 Å². The molecule has 134 valence electrons. The molecule has 4 aromatic rings. The van der Waals surface area contributed by atoms with Crippen LogP contribution in [0, 0.1) is 11.3 Å². The number of nitrogens with zero attached hydrogens (tertiary/aromatic N) is 1. The molecular weight excluding hydrogens is 364 g/mol. The third-order valence-corrected chi connectivity index (χ3v) is 5.37. The molecule has 0 aliphatic carbocycles. The highest BCUT2D eigenvalue weighted by Crippen LogP contribution is 2.30. The van der Waals surface area contributed by atoms with E-state index in [9.17, 15) is 4.79 Å². The highest BCUT2D eigenvalue weighted by Gasteiger charge is 2.09. The molecule has 0 atom stereocenters. The summed E-state index contributed by atoms with van der Waals surface area (Å²) in [4.78, 5) is 14.7. The molecule has 0 aromatic heterocycles. The number of hydrogen-bond acceptors (Lipinski definition) is 3. The minimum Gasteiger partial charge on any atom is -0.321 e. The molecule has 0 aliphatic heterocycles. The molecule has 3 nitrogen and oxygen atoms in total. The molecule has 0 bridgehead atoms. The minimum atomic E-state index is -0.232. The van der Waals surface area contributed by atoms with E-state index in [2.05, 4.69) is 41.7 Å². The summed E-state index contributed by atoms with van der Waals surface area (Å²) in [5.74, 6) is -0.232. The van der Waals surface area contributed by atoms with Crippen molar-refractivity contribution in [1.29, 1.82) is 5.26 Å². The zero-order chi connectivity index (χ0) is 19.3. The summed E-state index contributed by atoms with van der Waals surface area (Å²) >= 11 is 1.66. The Labute approximate surface area is 167 Å². The lowest BCUT2D eigenvalue weighted by Crippen LogP contribution is -2.12. The Bertz CT molecular complexity index is 1190. The first-order valence-corrected chi connectivity index (χ1v) is 9.62. The number of nitrogens with one attached hydrogen (secondary N) is 1. The lowest BCUT2D eigenvalue weighted by atomic mass is 10.1. The minimum absolute atomic E-state index is 0.232. The number of anilines is 1. The Morgan fingerprint density at radius 3 is 2.25 bits per heavy atom. The second-order valence-corrected chi connectivity index (χ2v) is 7.39. The maximum absolute atomic E-state index is 12.5. The number of hydrogen-bond donors (Lipinski definition) is 1. The quantitative estimate of drug-likeness (QED) is 0.464. The summed E-state index contributed by atoms with van der Waals surface area (Å²) in [7, 11) is 0. The number of fused-ring (bicyclic) bond motifs is 1. The predicted octanol–water partition coefficient (Wildman–Crippen LogP) is 6.11. The van der Waals surface area contributed by atoms with Gasteiger partial charge in [0.15, 0.2) is 0 Å². The fraction of sp³-hybridized carbons (Fsp3) is 0. The van der Waals surface area contributed by atoms with E-state index in [1.165, 1.54) is 10.8 Å². The molecule has 0 saturated heterocycles. The molecule has 0 aliphatic rings. The molecule has 4 aromatic carbocycles. The second-order valence-electron chi connectivity index (χ2n) is 6.25. The van der Waals surface area contributed by atoms with Crippen molar-refractivity contribution in [2.24, 2.45) is 0 Å². The Balaban J connectivity index is 1.48. The average Bonchev–Trinajstić information content (AvgIpc) is 2.74. The highest BCUT2D eigenvalue weighted by molar-refractivity contribution is 7.99. The number of carbonyl (C=O) groups is 1. The number of amides is 1. The maximum atomic E-state index is 12.5. The largest absolute Gasteiger partial charge is 0.321 e. The van der Waals surface area contributed by atoms with E-state index in [1.54, 1.807) is 48.2 Å². The van der Waals surface area contributed by atoms with Crippen molar-refractivity contribution in [2.75, 3.05) is 5.32 Å². The van der Waals surface area contributed by atoms with Crippen LogP contribution in [-0.2, 0) is 0 Å². The van der Waals surface area contributed by atoms with E-state index < -0.39 is 0 Å². The Morgan fingerprint density at radius 1 is 0.786 bits per heavy atom. The van der Waals surface area contributed by atoms with E-state index in [0.717, 1.165) is 9.79 Å². The lowest BCUT2D eigenvalue weighted by Gasteiger charge is -2.08. The summed E-state index contributed by atoms with van der Waals surface area (Å²) in [5, 5.41) is 14.4. The van der Waals surface area contributed by atoms with Crippen LogP contribution < -0.4 is 5.32 Å². The van der Waals surface area contributed by atoms with Gasteiger partial charge in [0.2, 0.25) is 0 Å². The zero-order valence-corrected chi connectivity index (χ0v) is 15.7. The summed E-state index contributed by atoms with van der Waals surface area (Å²) in [6, 6.07) is 31.2. The predicted molar refractivity (Wildman–Crippen MR) is 114 cm³/mol. The number of benzene rings is 4. The van der Waals surface area contributed by atoms with Crippen molar-refractivity contribution >= 4 is 34.1 Å². The topological polar surface area (TPSA) is 52.9 Å². The van der Waals surface area contributed by atoms with E-state index in [0.29, 0.717) is 16.8 Å². The lowest BCUT2D eigenvalue weighted by molar-refractivity contribution is 0.102. The summed E-state index contributed by atoms with van der Waals surface area (Å²) < 4.78 is 0. The second kappa shape index (κ2) is 7.99. The molecule has 0 unspecified atom stereocenters. The smallest absolute Gasteiger partial charge is 0.255 e. The van der Waals surface area contributed by atoms with Gasteiger partial charge in [-0.1, -0.05) is 54.2 Å². The van der Waals surface area contributed by atoms with Gasteiger partial charge in [-0.05, 0) is 59.3 Å². The number of carbonyl (C=O) groups excluding carboxylic acids is 1. The van der Waals surface area contributed by atoms with Crippen LogP contribution in [0.3, 0.4) is 0 Å². The van der Waals surface area contributed by atoms with Crippen molar-refractivity contribution in [1.82, 2.24) is 0 Å². The fourth-order valence-corrected chi connectivity index (χ4v) is 3.79. The monoisotopic (exact) mass is 380 g/mol. The SMILES string of the molecule is N#Cc1ccccc1NC(=O)c1ccc(Sc2ccc3ccccc3c2)cc1. The van der Waals surface area contributed by atoms with Crippen LogP contribution in [0.1, 0.15) is 15.9 Å². The molecule has 4 heteroatoms. The van der Waals surface area contributed by atoms with E-state index >= 15 is 0 Å². The highest BCUT2D eigenvalue weighted by atomic mass is 32.2. The third-order valence-electron chi connectivity index (χ3n) is 4.37. The number of rotatable bonds is 4. The first-order chi connectivity index (χ1) is 13.7. The van der Waals surface area contributed by atoms with Crippen LogP contribution in [0.4, 0.5) is 5.69 Å². The van der Waals surface area contributed by atoms with Crippen molar-refractivity contribution < 1.29 is 4.79 Å². The molecule has 4 rings (SSSR count). The molecular formula is C24H16N2OS. The molecule has 0 fully saturated rings. The summed E-state index contributed by atoms with van der Waals surface area (Å²) in [6.07, 6.45) is 0. The zero-order valence-electron chi connectivity index (χ0n) is 14.9. The Hall–Kier alpha value is -3.55. The first kappa shape index (κ1) is 17.8. The van der Waals surface area contributed by atoms with Crippen LogP contribution in [0.5, 0.6) is 0 Å². The van der Waals surface area contributed by atoms with Gasteiger partial charge in [-0.2, -0.15) is 5.26 Å². The molecule has 1 amide bonds. The average molecular weight is 380 g/mol. The van der Waals surface area contributed by atoms with Gasteiger partial charge in [-0.15, -0.1) is 0 Å². The Kier molecular flexibility index (Phi) is 5.09. The van der Waals surface area contributed by atoms with Crippen LogP contribution in [-0.4, -0.2) is 5.91 Å². The standard InChI is InChI=1S/C24H16N2OS/c25-16-20-7-3-4-8-23(20)26-24(27)18-10-12-21(13-11-18)28-22-14-9-17-5-1-2-6-19(17)15-22/h1-15H,(H,26,27). The van der Waals surface area contributed by atoms with E-state index in [4.69, 9.17) is 5.26 Å². The van der Waals surface area contributed by atoms with Gasteiger partial charge in [0.25, 0.3) is 5.91 Å². The van der Waals surface area contributed by atoms with Gasteiger partial charge in [-0.3, -0.25) is 4.79 Å². The van der Waals surface area contributed by atoms with Gasteiger partial charge in [0.1, 0.15) is 6.07 Å². The van der Waals surface area contributed by atoms with Gasteiger partial charge >= 0.3 is 0 Å². The molecule has 0 spiro atoms. The van der Waals surface area contributed by atoms with Crippen LogP contribution in [0.25, 0.3) is 10.8 Å². The summed E-state index contributed by atoms with van der Waals surface area (Å²) in [5.41, 5.74) is 1.51. The van der Waals surface area contributed by atoms with Gasteiger partial charge in [0, 0.05) is 15.4 Å². The van der Waals surface area contributed by atoms with Crippen LogP contribution >= 0.6 is 11.8 Å². The molecule has 0 saturated carbocycles. The molecule has 0 heterocycles. The van der Waals surface area contributed by atoms with Gasteiger partial charge in [0.05, 0.1) is 11.3 Å². The van der Waals surface area contributed by atoms with E-state index in [-0.39, 0.29) is 5.91 Å².